The second-order valence-electron chi connectivity index (χ2n) is 3.27. The molecule has 5 heteroatoms. The third-order valence-electron chi connectivity index (χ3n) is 2.17. The topological polar surface area (TPSA) is 58.2 Å². The Morgan fingerprint density at radius 3 is 2.87 bits per heavy atom. The molecular formula is C10H9BrN2O2. The molecule has 78 valence electrons. The Balaban J connectivity index is 2.28. The van der Waals surface area contributed by atoms with Gasteiger partial charge >= 0.3 is 0 Å². The minimum atomic E-state index is -0.580. The van der Waals surface area contributed by atoms with E-state index in [0.717, 1.165) is 10.0 Å². The quantitative estimate of drug-likeness (QED) is 0.789. The van der Waals surface area contributed by atoms with Crippen LogP contribution in [-0.4, -0.2) is 18.4 Å². The maximum atomic E-state index is 11.5. The van der Waals surface area contributed by atoms with Crippen LogP contribution in [0.4, 0.5) is 0 Å². The Hall–Kier alpha value is -1.36. The molecule has 0 aliphatic carbocycles. The molecule has 1 saturated heterocycles. The predicted molar refractivity (Wildman–Crippen MR) is 58.0 cm³/mol. The highest BCUT2D eigenvalue weighted by Crippen LogP contribution is 2.19. The van der Waals surface area contributed by atoms with Crippen molar-refractivity contribution in [1.29, 1.82) is 0 Å². The molecule has 15 heavy (non-hydrogen) atoms. The lowest BCUT2D eigenvalue weighted by Crippen LogP contribution is -2.50. The summed E-state index contributed by atoms with van der Waals surface area (Å²) in [5, 5.41) is 5.17. The van der Waals surface area contributed by atoms with Gasteiger partial charge in [0.15, 0.2) is 0 Å². The van der Waals surface area contributed by atoms with Crippen LogP contribution < -0.4 is 10.6 Å². The first-order valence-electron chi connectivity index (χ1n) is 4.49. The van der Waals surface area contributed by atoms with Gasteiger partial charge in [-0.1, -0.05) is 28.1 Å². The molecule has 2 amide bonds. The molecule has 1 aliphatic heterocycles. The van der Waals surface area contributed by atoms with Gasteiger partial charge in [0.2, 0.25) is 11.8 Å². The first kappa shape index (κ1) is 10.2. The summed E-state index contributed by atoms with van der Waals surface area (Å²) in [5.74, 6) is -0.340. The molecule has 0 spiro atoms. The summed E-state index contributed by atoms with van der Waals surface area (Å²) < 4.78 is 0.882. The van der Waals surface area contributed by atoms with E-state index in [2.05, 4.69) is 26.6 Å². The number of carbonyl (C=O) groups is 2. The number of halogens is 1. The van der Waals surface area contributed by atoms with Crippen molar-refractivity contribution in [3.8, 4) is 0 Å². The van der Waals surface area contributed by atoms with E-state index in [0.29, 0.717) is 0 Å². The average Bonchev–Trinajstić information content (AvgIpc) is 2.22. The van der Waals surface area contributed by atoms with Crippen LogP contribution in [0.3, 0.4) is 0 Å². The van der Waals surface area contributed by atoms with Gasteiger partial charge in [0.25, 0.3) is 0 Å². The summed E-state index contributed by atoms with van der Waals surface area (Å²) in [6, 6.07) is 6.74. The Morgan fingerprint density at radius 1 is 1.33 bits per heavy atom. The lowest BCUT2D eigenvalue weighted by molar-refractivity contribution is -0.133. The summed E-state index contributed by atoms with van der Waals surface area (Å²) in [6.07, 6.45) is 0. The lowest BCUT2D eigenvalue weighted by atomic mass is 10.0. The number of carbonyl (C=O) groups excluding carboxylic acids is 2. The minimum Gasteiger partial charge on any atom is -0.345 e. The van der Waals surface area contributed by atoms with Crippen molar-refractivity contribution in [1.82, 2.24) is 10.6 Å². The van der Waals surface area contributed by atoms with Crippen molar-refractivity contribution in [2.75, 3.05) is 6.54 Å². The Morgan fingerprint density at radius 2 is 2.13 bits per heavy atom. The van der Waals surface area contributed by atoms with Gasteiger partial charge in [-0.15, -0.1) is 0 Å². The fourth-order valence-corrected chi connectivity index (χ4v) is 1.88. The second-order valence-corrected chi connectivity index (χ2v) is 4.19. The molecular weight excluding hydrogens is 260 g/mol. The number of hydrogen-bond acceptors (Lipinski definition) is 2. The van der Waals surface area contributed by atoms with Gasteiger partial charge in [-0.3, -0.25) is 9.59 Å². The zero-order valence-corrected chi connectivity index (χ0v) is 9.37. The van der Waals surface area contributed by atoms with E-state index in [1.165, 1.54) is 0 Å². The van der Waals surface area contributed by atoms with Crippen LogP contribution in [0.2, 0.25) is 0 Å². The summed E-state index contributed by atoms with van der Waals surface area (Å²) in [6.45, 7) is 0.0589. The summed E-state index contributed by atoms with van der Waals surface area (Å²) in [7, 11) is 0. The van der Waals surface area contributed by atoms with E-state index in [1.807, 2.05) is 18.2 Å². The minimum absolute atomic E-state index is 0.0589. The SMILES string of the molecule is O=C1CNC(=O)C(c2cccc(Br)c2)N1. The predicted octanol–water partition coefficient (Wildman–Crippen LogP) is 0.736. The second kappa shape index (κ2) is 4.02. The number of rotatable bonds is 1. The maximum absolute atomic E-state index is 11.5. The van der Waals surface area contributed by atoms with E-state index in [4.69, 9.17) is 0 Å². The van der Waals surface area contributed by atoms with Crippen LogP contribution >= 0.6 is 15.9 Å². The molecule has 2 rings (SSSR count). The Labute approximate surface area is 95.2 Å². The number of amides is 2. The van der Waals surface area contributed by atoms with Crippen molar-refractivity contribution in [2.45, 2.75) is 6.04 Å². The molecule has 1 fully saturated rings. The zero-order valence-electron chi connectivity index (χ0n) is 7.79. The molecule has 1 aromatic carbocycles. The van der Waals surface area contributed by atoms with Gasteiger partial charge < -0.3 is 10.6 Å². The monoisotopic (exact) mass is 268 g/mol. The number of nitrogens with one attached hydrogen (secondary N) is 2. The molecule has 1 aromatic rings. The van der Waals surface area contributed by atoms with E-state index >= 15 is 0 Å². The Bertz CT molecular complexity index is 420. The van der Waals surface area contributed by atoms with Gasteiger partial charge in [-0.25, -0.2) is 0 Å². The van der Waals surface area contributed by atoms with Gasteiger partial charge in [0.05, 0.1) is 6.54 Å². The molecule has 0 radical (unpaired) electrons. The molecule has 1 atom stereocenters. The number of benzene rings is 1. The van der Waals surface area contributed by atoms with Crippen molar-refractivity contribution in [3.63, 3.8) is 0 Å². The maximum Gasteiger partial charge on any atom is 0.247 e. The van der Waals surface area contributed by atoms with Crippen LogP contribution in [0.25, 0.3) is 0 Å². The number of piperazine rings is 1. The van der Waals surface area contributed by atoms with Crippen LogP contribution in [0, 0.1) is 0 Å². The smallest absolute Gasteiger partial charge is 0.247 e. The first-order valence-corrected chi connectivity index (χ1v) is 5.28. The molecule has 0 saturated carbocycles. The normalized spacial score (nSPS) is 20.7. The average molecular weight is 269 g/mol. The largest absolute Gasteiger partial charge is 0.345 e. The van der Waals surface area contributed by atoms with Crippen molar-refractivity contribution < 1.29 is 9.59 Å². The third kappa shape index (κ3) is 2.18. The van der Waals surface area contributed by atoms with Gasteiger partial charge in [-0.05, 0) is 17.7 Å². The molecule has 0 bridgehead atoms. The molecule has 1 aliphatic rings. The Kier molecular flexibility index (Phi) is 2.73. The highest BCUT2D eigenvalue weighted by Gasteiger charge is 2.27. The molecule has 1 unspecified atom stereocenters. The van der Waals surface area contributed by atoms with E-state index in [-0.39, 0.29) is 18.4 Å². The van der Waals surface area contributed by atoms with Gasteiger partial charge in [0.1, 0.15) is 6.04 Å². The highest BCUT2D eigenvalue weighted by atomic mass is 79.9. The standard InChI is InChI=1S/C10H9BrN2O2/c11-7-3-1-2-6(4-7)9-10(15)12-5-8(14)13-9/h1-4,9H,5H2,(H,12,15)(H,13,14). The van der Waals surface area contributed by atoms with Crippen molar-refractivity contribution in [3.05, 3.63) is 34.3 Å². The molecule has 1 heterocycles. The van der Waals surface area contributed by atoms with Crippen LogP contribution in [0.5, 0.6) is 0 Å². The summed E-state index contributed by atoms with van der Waals surface area (Å²) in [5.41, 5.74) is 0.773. The van der Waals surface area contributed by atoms with Crippen LogP contribution in [0.1, 0.15) is 11.6 Å². The van der Waals surface area contributed by atoms with Gasteiger partial charge in [0, 0.05) is 4.47 Å². The van der Waals surface area contributed by atoms with E-state index in [9.17, 15) is 9.59 Å². The van der Waals surface area contributed by atoms with Gasteiger partial charge in [-0.2, -0.15) is 0 Å². The van der Waals surface area contributed by atoms with E-state index < -0.39 is 6.04 Å². The lowest BCUT2D eigenvalue weighted by Gasteiger charge is -2.23. The van der Waals surface area contributed by atoms with Crippen LogP contribution in [0.15, 0.2) is 28.7 Å². The molecule has 4 nitrogen and oxygen atoms in total. The fraction of sp³-hybridized carbons (Fsp3) is 0.200. The van der Waals surface area contributed by atoms with Crippen LogP contribution in [-0.2, 0) is 9.59 Å². The summed E-state index contributed by atoms with van der Waals surface area (Å²) in [4.78, 5) is 22.7. The first-order chi connectivity index (χ1) is 7.16. The van der Waals surface area contributed by atoms with Crippen molar-refractivity contribution in [2.24, 2.45) is 0 Å². The zero-order chi connectivity index (χ0) is 10.8. The molecule has 2 N–H and O–H groups in total. The summed E-state index contributed by atoms with van der Waals surface area (Å²) >= 11 is 3.32. The van der Waals surface area contributed by atoms with E-state index in [1.54, 1.807) is 6.07 Å². The number of hydrogen-bond donors (Lipinski definition) is 2. The third-order valence-corrected chi connectivity index (χ3v) is 2.67. The highest BCUT2D eigenvalue weighted by molar-refractivity contribution is 9.10. The molecule has 0 aromatic heterocycles. The van der Waals surface area contributed by atoms with Crippen molar-refractivity contribution >= 4 is 27.7 Å². The fourth-order valence-electron chi connectivity index (χ4n) is 1.47.